The van der Waals surface area contributed by atoms with E-state index in [4.69, 9.17) is 22.1 Å². The molecule has 1 aromatic rings. The van der Waals surface area contributed by atoms with Gasteiger partial charge in [-0.3, -0.25) is 15.0 Å². The topological polar surface area (TPSA) is 65.0 Å². The van der Waals surface area contributed by atoms with Gasteiger partial charge in [-0.1, -0.05) is 0 Å². The first-order valence-corrected chi connectivity index (χ1v) is 7.62. The summed E-state index contributed by atoms with van der Waals surface area (Å²) in [6.45, 7) is 4.01. The summed E-state index contributed by atoms with van der Waals surface area (Å²) in [4.78, 5) is 16.3. The van der Waals surface area contributed by atoms with E-state index in [1.807, 2.05) is 4.90 Å². The molecule has 0 saturated carbocycles. The monoisotopic (exact) mass is 323 g/mol. The Hall–Kier alpha value is -1.70. The fourth-order valence-electron chi connectivity index (χ4n) is 2.31. The van der Waals surface area contributed by atoms with E-state index in [1.54, 1.807) is 31.4 Å². The predicted octanol–water partition coefficient (Wildman–Crippen LogP) is 0.320. The number of amides is 1. The number of carbonyl (C=O) groups is 1. The van der Waals surface area contributed by atoms with Crippen LogP contribution in [0.5, 0.6) is 5.75 Å². The van der Waals surface area contributed by atoms with Gasteiger partial charge in [-0.05, 0) is 36.5 Å². The van der Waals surface area contributed by atoms with Crippen molar-refractivity contribution in [3.8, 4) is 5.75 Å². The molecule has 22 heavy (non-hydrogen) atoms. The molecule has 2 rings (SSSR count). The maximum Gasteiger partial charge on any atom is 0.257 e. The third-order valence-corrected chi connectivity index (χ3v) is 4.01. The molecule has 0 aliphatic carbocycles. The largest absolute Gasteiger partial charge is 0.497 e. The number of aliphatic hydroxyl groups is 1. The van der Waals surface area contributed by atoms with Crippen LogP contribution in [0.4, 0.5) is 0 Å². The van der Waals surface area contributed by atoms with Crippen molar-refractivity contribution in [2.45, 2.75) is 0 Å². The highest BCUT2D eigenvalue weighted by molar-refractivity contribution is 7.80. The highest BCUT2D eigenvalue weighted by Gasteiger charge is 2.19. The summed E-state index contributed by atoms with van der Waals surface area (Å²) in [6.07, 6.45) is 0. The van der Waals surface area contributed by atoms with E-state index < -0.39 is 0 Å². The molecule has 0 spiro atoms. The van der Waals surface area contributed by atoms with E-state index in [0.717, 1.165) is 26.2 Å². The van der Waals surface area contributed by atoms with Crippen LogP contribution in [-0.2, 0) is 0 Å². The third-order valence-electron chi connectivity index (χ3n) is 3.65. The molecule has 0 bridgehead atoms. The lowest BCUT2D eigenvalue weighted by Crippen LogP contribution is -2.53. The first kappa shape index (κ1) is 16.7. The van der Waals surface area contributed by atoms with E-state index in [1.165, 1.54) is 0 Å². The minimum absolute atomic E-state index is 0.165. The molecule has 1 aliphatic rings. The Labute approximate surface area is 135 Å². The maximum atomic E-state index is 12.2. The van der Waals surface area contributed by atoms with Crippen LogP contribution < -0.4 is 10.1 Å². The third kappa shape index (κ3) is 4.40. The smallest absolute Gasteiger partial charge is 0.257 e. The van der Waals surface area contributed by atoms with Crippen LogP contribution in [0.3, 0.4) is 0 Å². The fourth-order valence-corrected chi connectivity index (χ4v) is 2.58. The molecule has 1 saturated heterocycles. The number of thiocarbonyl (C=S) groups is 1. The number of piperazine rings is 1. The van der Waals surface area contributed by atoms with Gasteiger partial charge in [0, 0.05) is 38.3 Å². The van der Waals surface area contributed by atoms with Gasteiger partial charge < -0.3 is 14.7 Å². The second kappa shape index (κ2) is 8.07. The van der Waals surface area contributed by atoms with Gasteiger partial charge in [0.1, 0.15) is 5.75 Å². The van der Waals surface area contributed by atoms with Crippen molar-refractivity contribution in [3.63, 3.8) is 0 Å². The van der Waals surface area contributed by atoms with Crippen LogP contribution in [-0.4, -0.2) is 72.4 Å². The average molecular weight is 323 g/mol. The van der Waals surface area contributed by atoms with Gasteiger partial charge in [0.2, 0.25) is 0 Å². The average Bonchev–Trinajstić information content (AvgIpc) is 2.55. The molecule has 1 heterocycles. The fraction of sp³-hybridized carbons (Fsp3) is 0.467. The van der Waals surface area contributed by atoms with E-state index in [2.05, 4.69) is 10.2 Å². The van der Waals surface area contributed by atoms with Crippen LogP contribution in [0.15, 0.2) is 24.3 Å². The maximum absolute atomic E-state index is 12.2. The zero-order valence-corrected chi connectivity index (χ0v) is 13.4. The molecule has 1 aliphatic heterocycles. The summed E-state index contributed by atoms with van der Waals surface area (Å²) in [5.41, 5.74) is 0.544. The van der Waals surface area contributed by atoms with Gasteiger partial charge >= 0.3 is 0 Å². The SMILES string of the molecule is COc1ccc(C(=O)NC(=S)N2CCN(CCO)CC2)cc1. The zero-order valence-electron chi connectivity index (χ0n) is 12.6. The normalized spacial score (nSPS) is 15.5. The predicted molar refractivity (Wildman–Crippen MR) is 88.2 cm³/mol. The quantitative estimate of drug-likeness (QED) is 0.778. The minimum Gasteiger partial charge on any atom is -0.497 e. The molecular weight excluding hydrogens is 302 g/mol. The lowest BCUT2D eigenvalue weighted by atomic mass is 10.2. The van der Waals surface area contributed by atoms with Crippen molar-refractivity contribution in [1.29, 1.82) is 0 Å². The Bertz CT molecular complexity index is 513. The van der Waals surface area contributed by atoms with Crippen LogP contribution in [0.2, 0.25) is 0 Å². The summed E-state index contributed by atoms with van der Waals surface area (Å²) < 4.78 is 5.07. The highest BCUT2D eigenvalue weighted by atomic mass is 32.1. The number of aliphatic hydroxyl groups excluding tert-OH is 1. The Morgan fingerprint density at radius 3 is 2.45 bits per heavy atom. The summed E-state index contributed by atoms with van der Waals surface area (Å²) in [7, 11) is 1.58. The first-order chi connectivity index (χ1) is 10.6. The first-order valence-electron chi connectivity index (χ1n) is 7.21. The molecule has 1 fully saturated rings. The summed E-state index contributed by atoms with van der Waals surface area (Å²) in [6, 6.07) is 6.89. The van der Waals surface area contributed by atoms with Crippen molar-refractivity contribution >= 4 is 23.2 Å². The number of ether oxygens (including phenoxy) is 1. The van der Waals surface area contributed by atoms with Gasteiger partial charge in [-0.25, -0.2) is 0 Å². The van der Waals surface area contributed by atoms with Crippen molar-refractivity contribution in [1.82, 2.24) is 15.1 Å². The van der Waals surface area contributed by atoms with Crippen molar-refractivity contribution in [2.75, 3.05) is 46.4 Å². The molecule has 7 heteroatoms. The van der Waals surface area contributed by atoms with E-state index in [-0.39, 0.29) is 12.5 Å². The molecule has 120 valence electrons. The molecule has 0 atom stereocenters. The van der Waals surface area contributed by atoms with Crippen LogP contribution in [0.25, 0.3) is 0 Å². The number of nitrogens with zero attached hydrogens (tertiary/aromatic N) is 2. The van der Waals surface area contributed by atoms with E-state index >= 15 is 0 Å². The number of rotatable bonds is 4. The standard InChI is InChI=1S/C15H21N3O3S/c1-21-13-4-2-12(3-5-13)14(20)16-15(22)18-8-6-17(7-9-18)10-11-19/h2-5,19H,6-11H2,1H3,(H,16,20,22). The molecule has 0 unspecified atom stereocenters. The van der Waals surface area contributed by atoms with Gasteiger partial charge in [-0.2, -0.15) is 0 Å². The number of hydrogen-bond donors (Lipinski definition) is 2. The Balaban J connectivity index is 1.85. The molecule has 0 aromatic heterocycles. The number of hydrogen-bond acceptors (Lipinski definition) is 5. The van der Waals surface area contributed by atoms with Gasteiger partial charge in [0.05, 0.1) is 13.7 Å². The number of nitrogens with one attached hydrogen (secondary N) is 1. The lowest BCUT2D eigenvalue weighted by Gasteiger charge is -2.35. The number of methoxy groups -OCH3 is 1. The summed E-state index contributed by atoms with van der Waals surface area (Å²) in [5, 5.41) is 12.1. The Morgan fingerprint density at radius 2 is 1.91 bits per heavy atom. The lowest BCUT2D eigenvalue weighted by molar-refractivity contribution is 0.0968. The molecule has 6 nitrogen and oxygen atoms in total. The number of β-amino-alcohol motifs (C(OH)–C–C–N with tert-alkyl or cyclic N) is 1. The highest BCUT2D eigenvalue weighted by Crippen LogP contribution is 2.11. The molecule has 1 aromatic carbocycles. The van der Waals surface area contributed by atoms with Crippen molar-refractivity contribution in [3.05, 3.63) is 29.8 Å². The second-order valence-corrected chi connectivity index (χ2v) is 5.43. The number of benzene rings is 1. The van der Waals surface area contributed by atoms with Crippen molar-refractivity contribution < 1.29 is 14.6 Å². The molecular formula is C15H21N3O3S. The van der Waals surface area contributed by atoms with Crippen molar-refractivity contribution in [2.24, 2.45) is 0 Å². The minimum atomic E-state index is -0.217. The van der Waals surface area contributed by atoms with Crippen LogP contribution in [0.1, 0.15) is 10.4 Å². The number of carbonyl (C=O) groups excluding carboxylic acids is 1. The summed E-state index contributed by atoms with van der Waals surface area (Å²) in [5.74, 6) is 0.490. The van der Waals surface area contributed by atoms with Gasteiger partial charge in [0.25, 0.3) is 5.91 Å². The van der Waals surface area contributed by atoms with E-state index in [9.17, 15) is 4.79 Å². The van der Waals surface area contributed by atoms with Crippen LogP contribution in [0, 0.1) is 0 Å². The van der Waals surface area contributed by atoms with E-state index in [0.29, 0.717) is 23.0 Å². The van der Waals surface area contributed by atoms with Crippen LogP contribution >= 0.6 is 12.2 Å². The Kier molecular flexibility index (Phi) is 6.11. The second-order valence-electron chi connectivity index (χ2n) is 5.04. The van der Waals surface area contributed by atoms with Gasteiger partial charge in [-0.15, -0.1) is 0 Å². The Morgan fingerprint density at radius 1 is 1.27 bits per heavy atom. The molecule has 0 radical (unpaired) electrons. The zero-order chi connectivity index (χ0) is 15.9. The summed E-state index contributed by atoms with van der Waals surface area (Å²) >= 11 is 5.30. The molecule has 1 amide bonds. The molecule has 2 N–H and O–H groups in total. The van der Waals surface area contributed by atoms with Gasteiger partial charge in [0.15, 0.2) is 5.11 Å².